The summed E-state index contributed by atoms with van der Waals surface area (Å²) >= 11 is 0. The quantitative estimate of drug-likeness (QED) is 0.834. The molecule has 0 saturated carbocycles. The summed E-state index contributed by atoms with van der Waals surface area (Å²) in [6.45, 7) is 4.03. The van der Waals surface area contributed by atoms with Crippen molar-refractivity contribution in [2.75, 3.05) is 25.8 Å². The van der Waals surface area contributed by atoms with Crippen LogP contribution in [0.3, 0.4) is 0 Å². The molecule has 1 aromatic heterocycles. The Bertz CT molecular complexity index is 598. The van der Waals surface area contributed by atoms with E-state index in [1.165, 1.54) is 4.68 Å². The van der Waals surface area contributed by atoms with Gasteiger partial charge < -0.3 is 21.1 Å². The normalized spacial score (nSPS) is 10.8. The van der Waals surface area contributed by atoms with Gasteiger partial charge in [0.05, 0.1) is 14.2 Å². The molecule has 108 valence electrons. The van der Waals surface area contributed by atoms with Gasteiger partial charge in [-0.25, -0.2) is 9.66 Å². The highest BCUT2D eigenvalue weighted by Gasteiger charge is 2.18. The highest BCUT2D eigenvalue weighted by atomic mass is 16.5. The van der Waals surface area contributed by atoms with E-state index in [1.807, 2.05) is 26.0 Å². The van der Waals surface area contributed by atoms with Crippen LogP contribution in [-0.2, 0) is 0 Å². The molecule has 1 aromatic carbocycles. The van der Waals surface area contributed by atoms with Crippen molar-refractivity contribution in [1.82, 2.24) is 9.66 Å². The molecule has 2 aromatic rings. The van der Waals surface area contributed by atoms with E-state index >= 15 is 0 Å². The smallest absolute Gasteiger partial charge is 0.150 e. The Balaban J connectivity index is 2.59. The molecular weight excluding hydrogens is 256 g/mol. The van der Waals surface area contributed by atoms with E-state index in [0.29, 0.717) is 23.0 Å². The number of nitrogens with two attached hydrogens (primary N) is 2. The highest BCUT2D eigenvalue weighted by Crippen LogP contribution is 2.33. The Hall–Kier alpha value is -2.37. The first-order valence-electron chi connectivity index (χ1n) is 6.34. The zero-order valence-corrected chi connectivity index (χ0v) is 12.2. The van der Waals surface area contributed by atoms with Crippen LogP contribution >= 0.6 is 0 Å². The van der Waals surface area contributed by atoms with Crippen LogP contribution in [-0.4, -0.2) is 23.9 Å². The molecule has 6 heteroatoms. The second kappa shape index (κ2) is 5.32. The molecule has 0 amide bonds. The van der Waals surface area contributed by atoms with E-state index < -0.39 is 0 Å². The number of nitrogen functional groups attached to an aromatic ring is 2. The lowest BCUT2D eigenvalue weighted by Crippen LogP contribution is -2.16. The van der Waals surface area contributed by atoms with Crippen molar-refractivity contribution in [3.63, 3.8) is 0 Å². The first-order valence-corrected chi connectivity index (χ1v) is 6.34. The summed E-state index contributed by atoms with van der Waals surface area (Å²) in [4.78, 5) is 4.53. The summed E-state index contributed by atoms with van der Waals surface area (Å²) in [7, 11) is 3.20. The Morgan fingerprint density at radius 1 is 1.10 bits per heavy atom. The summed E-state index contributed by atoms with van der Waals surface area (Å²) in [5, 5.41) is 0. The third-order valence-electron chi connectivity index (χ3n) is 3.12. The number of nitrogens with zero attached hydrogens (tertiary/aromatic N) is 2. The lowest BCUT2D eigenvalue weighted by Gasteiger charge is -2.07. The Morgan fingerprint density at radius 2 is 1.65 bits per heavy atom. The van der Waals surface area contributed by atoms with E-state index in [4.69, 9.17) is 21.1 Å². The Labute approximate surface area is 118 Å². The topological polar surface area (TPSA) is 88.3 Å². The van der Waals surface area contributed by atoms with Gasteiger partial charge in [0.2, 0.25) is 0 Å². The van der Waals surface area contributed by atoms with Gasteiger partial charge in [0.15, 0.2) is 5.82 Å². The molecule has 6 nitrogen and oxygen atoms in total. The lowest BCUT2D eigenvalue weighted by atomic mass is 10.1. The fourth-order valence-corrected chi connectivity index (χ4v) is 2.03. The van der Waals surface area contributed by atoms with Crippen molar-refractivity contribution in [2.45, 2.75) is 19.8 Å². The van der Waals surface area contributed by atoms with Crippen LogP contribution in [0.25, 0.3) is 11.3 Å². The number of ether oxygens (including phenoxy) is 2. The maximum absolute atomic E-state index is 6.05. The molecule has 0 saturated heterocycles. The zero-order chi connectivity index (χ0) is 14.9. The molecule has 0 atom stereocenters. The predicted molar refractivity (Wildman–Crippen MR) is 79.4 cm³/mol. The van der Waals surface area contributed by atoms with Gasteiger partial charge in [0.1, 0.15) is 23.0 Å². The van der Waals surface area contributed by atoms with Gasteiger partial charge >= 0.3 is 0 Å². The number of imidazole rings is 1. The standard InChI is InChI=1S/C14H20N4O2/c1-8(2)14-17-12(13(15)18(14)16)9-5-10(19-3)7-11(6-9)20-4/h5-8H,15-16H2,1-4H3. The molecule has 0 bridgehead atoms. The van der Waals surface area contributed by atoms with E-state index in [1.54, 1.807) is 20.3 Å². The molecular formula is C14H20N4O2. The maximum atomic E-state index is 6.05. The number of rotatable bonds is 4. The summed E-state index contributed by atoms with van der Waals surface area (Å²) in [6.07, 6.45) is 0. The number of benzene rings is 1. The van der Waals surface area contributed by atoms with Crippen molar-refractivity contribution < 1.29 is 9.47 Å². The molecule has 0 aliphatic carbocycles. The summed E-state index contributed by atoms with van der Waals surface area (Å²) in [6, 6.07) is 5.50. The molecule has 0 spiro atoms. The van der Waals surface area contributed by atoms with Crippen LogP contribution < -0.4 is 21.1 Å². The SMILES string of the molecule is COc1cc(OC)cc(-c2nc(C(C)C)n(N)c2N)c1. The Morgan fingerprint density at radius 3 is 2.05 bits per heavy atom. The highest BCUT2D eigenvalue weighted by molar-refractivity contribution is 5.73. The van der Waals surface area contributed by atoms with Gasteiger partial charge in [0, 0.05) is 17.5 Å². The molecule has 0 radical (unpaired) electrons. The van der Waals surface area contributed by atoms with Gasteiger partial charge in [-0.3, -0.25) is 0 Å². The number of hydrogen-bond acceptors (Lipinski definition) is 5. The number of hydrogen-bond donors (Lipinski definition) is 2. The minimum absolute atomic E-state index is 0.184. The minimum Gasteiger partial charge on any atom is -0.497 e. The molecule has 0 aliphatic heterocycles. The first kappa shape index (κ1) is 14.0. The second-order valence-corrected chi connectivity index (χ2v) is 4.83. The van der Waals surface area contributed by atoms with Crippen molar-refractivity contribution >= 4 is 5.82 Å². The molecule has 20 heavy (non-hydrogen) atoms. The lowest BCUT2D eigenvalue weighted by molar-refractivity contribution is 0.394. The van der Waals surface area contributed by atoms with E-state index in [9.17, 15) is 0 Å². The number of aromatic nitrogens is 2. The maximum Gasteiger partial charge on any atom is 0.150 e. The van der Waals surface area contributed by atoms with Crippen LogP contribution in [0.1, 0.15) is 25.6 Å². The molecule has 2 rings (SSSR count). The minimum atomic E-state index is 0.184. The van der Waals surface area contributed by atoms with Gasteiger partial charge in [-0.05, 0) is 12.1 Å². The van der Waals surface area contributed by atoms with Crippen LogP contribution in [0.15, 0.2) is 18.2 Å². The molecule has 0 fully saturated rings. The van der Waals surface area contributed by atoms with E-state index in [-0.39, 0.29) is 5.92 Å². The van der Waals surface area contributed by atoms with Crippen molar-refractivity contribution in [2.24, 2.45) is 0 Å². The van der Waals surface area contributed by atoms with Gasteiger partial charge in [-0.2, -0.15) is 0 Å². The third-order valence-corrected chi connectivity index (χ3v) is 3.12. The number of anilines is 1. The van der Waals surface area contributed by atoms with Gasteiger partial charge in [0.25, 0.3) is 0 Å². The summed E-state index contributed by atoms with van der Waals surface area (Å²) in [5.41, 5.74) is 7.49. The summed E-state index contributed by atoms with van der Waals surface area (Å²) < 4.78 is 11.9. The average Bonchev–Trinajstić information content (AvgIpc) is 2.75. The van der Waals surface area contributed by atoms with E-state index in [2.05, 4.69) is 4.98 Å². The molecule has 0 aliphatic rings. The van der Waals surface area contributed by atoms with Crippen LogP contribution in [0, 0.1) is 0 Å². The Kier molecular flexibility index (Phi) is 3.74. The number of methoxy groups -OCH3 is 2. The third kappa shape index (κ3) is 2.36. The van der Waals surface area contributed by atoms with Gasteiger partial charge in [-0.1, -0.05) is 13.8 Å². The van der Waals surface area contributed by atoms with Crippen molar-refractivity contribution in [3.8, 4) is 22.8 Å². The van der Waals surface area contributed by atoms with Crippen molar-refractivity contribution in [1.29, 1.82) is 0 Å². The van der Waals surface area contributed by atoms with Gasteiger partial charge in [-0.15, -0.1) is 0 Å². The molecule has 4 N–H and O–H groups in total. The van der Waals surface area contributed by atoms with Crippen molar-refractivity contribution in [3.05, 3.63) is 24.0 Å². The predicted octanol–water partition coefficient (Wildman–Crippen LogP) is 1.99. The summed E-state index contributed by atoms with van der Waals surface area (Å²) in [5.74, 6) is 8.64. The zero-order valence-electron chi connectivity index (χ0n) is 12.2. The van der Waals surface area contributed by atoms with Crippen LogP contribution in [0.2, 0.25) is 0 Å². The fourth-order valence-electron chi connectivity index (χ4n) is 2.03. The fraction of sp³-hybridized carbons (Fsp3) is 0.357. The average molecular weight is 276 g/mol. The molecule has 0 unspecified atom stereocenters. The van der Waals surface area contributed by atoms with Crippen LogP contribution in [0.5, 0.6) is 11.5 Å². The molecule has 1 heterocycles. The van der Waals surface area contributed by atoms with E-state index in [0.717, 1.165) is 11.4 Å². The second-order valence-electron chi connectivity index (χ2n) is 4.83. The largest absolute Gasteiger partial charge is 0.497 e. The monoisotopic (exact) mass is 276 g/mol. The van der Waals surface area contributed by atoms with Crippen LogP contribution in [0.4, 0.5) is 5.82 Å². The first-order chi connectivity index (χ1) is 9.47.